The second kappa shape index (κ2) is 6.52. The van der Waals surface area contributed by atoms with Crippen LogP contribution in [0.2, 0.25) is 0 Å². The molecule has 0 amide bonds. The van der Waals surface area contributed by atoms with E-state index in [-0.39, 0.29) is 5.41 Å². The molecule has 1 aromatic heterocycles. The van der Waals surface area contributed by atoms with E-state index < -0.39 is 5.97 Å². The summed E-state index contributed by atoms with van der Waals surface area (Å²) in [6, 6.07) is 11.0. The fourth-order valence-electron chi connectivity index (χ4n) is 1.91. The van der Waals surface area contributed by atoms with E-state index in [2.05, 4.69) is 30.9 Å². The van der Waals surface area contributed by atoms with Crippen molar-refractivity contribution in [2.24, 2.45) is 5.16 Å². The van der Waals surface area contributed by atoms with Crippen LogP contribution in [0.3, 0.4) is 0 Å². The van der Waals surface area contributed by atoms with E-state index in [9.17, 15) is 4.79 Å². The highest BCUT2D eigenvalue weighted by Gasteiger charge is 2.15. The van der Waals surface area contributed by atoms with Gasteiger partial charge in [0, 0.05) is 18.0 Å². The highest BCUT2D eigenvalue weighted by atomic mass is 16.7. The molecule has 2 rings (SSSR count). The minimum atomic E-state index is -0.464. The summed E-state index contributed by atoms with van der Waals surface area (Å²) in [5, 5.41) is 3.88. The van der Waals surface area contributed by atoms with Crippen molar-refractivity contribution in [1.29, 1.82) is 0 Å². The molecule has 0 bridgehead atoms. The van der Waals surface area contributed by atoms with Crippen LogP contribution >= 0.6 is 0 Å². The minimum absolute atomic E-state index is 0.0541. The largest absolute Gasteiger partial charge is 0.365 e. The molecule has 0 saturated carbocycles. The molecule has 0 unspecified atom stereocenters. The second-order valence-electron chi connectivity index (χ2n) is 6.12. The number of nitrogens with zero attached hydrogens (tertiary/aromatic N) is 2. The van der Waals surface area contributed by atoms with Crippen LogP contribution in [0.1, 0.15) is 49.2 Å². The molecular formula is C18H20N2O2. The highest BCUT2D eigenvalue weighted by molar-refractivity contribution is 5.99. The van der Waals surface area contributed by atoms with Crippen LogP contribution in [0.4, 0.5) is 0 Å². The van der Waals surface area contributed by atoms with Crippen LogP contribution in [0.15, 0.2) is 53.9 Å². The average Bonchev–Trinajstić information content (AvgIpc) is 2.52. The fourth-order valence-corrected chi connectivity index (χ4v) is 1.91. The van der Waals surface area contributed by atoms with Crippen molar-refractivity contribution in [3.8, 4) is 0 Å². The molecule has 0 spiro atoms. The van der Waals surface area contributed by atoms with Gasteiger partial charge in [-0.1, -0.05) is 38.1 Å². The summed E-state index contributed by atoms with van der Waals surface area (Å²) < 4.78 is 0. The molecule has 0 saturated heterocycles. The summed E-state index contributed by atoms with van der Waals surface area (Å²) in [6.07, 6.45) is 3.34. The van der Waals surface area contributed by atoms with Crippen molar-refractivity contribution < 1.29 is 9.63 Å². The Morgan fingerprint density at radius 2 is 1.59 bits per heavy atom. The molecule has 0 fully saturated rings. The number of rotatable bonds is 3. The van der Waals surface area contributed by atoms with Gasteiger partial charge < -0.3 is 4.84 Å². The summed E-state index contributed by atoms with van der Waals surface area (Å²) in [7, 11) is 0. The summed E-state index contributed by atoms with van der Waals surface area (Å²) in [6.45, 7) is 8.17. The average molecular weight is 296 g/mol. The van der Waals surface area contributed by atoms with Crippen molar-refractivity contribution in [2.75, 3.05) is 0 Å². The van der Waals surface area contributed by atoms with Gasteiger partial charge in [-0.25, -0.2) is 4.79 Å². The van der Waals surface area contributed by atoms with E-state index in [1.165, 1.54) is 5.56 Å². The number of oxime groups is 1. The Bertz CT molecular complexity index is 668. The van der Waals surface area contributed by atoms with Gasteiger partial charge >= 0.3 is 5.97 Å². The third kappa shape index (κ3) is 4.01. The van der Waals surface area contributed by atoms with Crippen molar-refractivity contribution >= 4 is 11.7 Å². The van der Waals surface area contributed by atoms with Crippen LogP contribution in [-0.2, 0) is 10.3 Å². The first kappa shape index (κ1) is 15.9. The Labute approximate surface area is 130 Å². The first-order valence-corrected chi connectivity index (χ1v) is 7.15. The zero-order valence-electron chi connectivity index (χ0n) is 13.3. The van der Waals surface area contributed by atoms with Crippen LogP contribution in [-0.4, -0.2) is 16.7 Å². The summed E-state index contributed by atoms with van der Waals surface area (Å²) in [5.41, 5.74) is 3.20. The number of hydrogen-bond acceptors (Lipinski definition) is 4. The molecule has 0 aliphatic heterocycles. The zero-order valence-corrected chi connectivity index (χ0v) is 13.3. The lowest BCUT2D eigenvalue weighted by Gasteiger charge is -2.18. The van der Waals surface area contributed by atoms with E-state index in [4.69, 9.17) is 4.84 Å². The molecule has 22 heavy (non-hydrogen) atoms. The van der Waals surface area contributed by atoms with E-state index in [0.29, 0.717) is 11.3 Å². The van der Waals surface area contributed by atoms with E-state index in [1.54, 1.807) is 31.5 Å². The Balaban J connectivity index is 2.07. The maximum absolute atomic E-state index is 12.0. The van der Waals surface area contributed by atoms with Gasteiger partial charge in [-0.3, -0.25) is 4.98 Å². The Kier molecular flexibility index (Phi) is 4.71. The lowest BCUT2D eigenvalue weighted by molar-refractivity contribution is 0.0516. The van der Waals surface area contributed by atoms with Gasteiger partial charge in [0.2, 0.25) is 0 Å². The Morgan fingerprint density at radius 1 is 1.00 bits per heavy atom. The number of aromatic nitrogens is 1. The Hall–Kier alpha value is -2.49. The number of pyridine rings is 1. The third-order valence-corrected chi connectivity index (χ3v) is 3.35. The molecule has 0 N–H and O–H groups in total. The highest BCUT2D eigenvalue weighted by Crippen LogP contribution is 2.22. The van der Waals surface area contributed by atoms with Crippen molar-refractivity contribution in [3.63, 3.8) is 0 Å². The number of benzene rings is 1. The molecule has 0 atom stereocenters. The maximum atomic E-state index is 12.0. The van der Waals surface area contributed by atoms with Crippen LogP contribution < -0.4 is 0 Å². The van der Waals surface area contributed by atoms with E-state index in [1.807, 2.05) is 24.3 Å². The van der Waals surface area contributed by atoms with E-state index in [0.717, 1.165) is 5.56 Å². The summed E-state index contributed by atoms with van der Waals surface area (Å²) >= 11 is 0. The van der Waals surface area contributed by atoms with Gasteiger partial charge in [0.25, 0.3) is 0 Å². The predicted molar refractivity (Wildman–Crippen MR) is 87.0 cm³/mol. The smallest absolute Gasteiger partial charge is 0.313 e. The number of carbonyl (C=O) groups is 1. The third-order valence-electron chi connectivity index (χ3n) is 3.35. The van der Waals surface area contributed by atoms with Gasteiger partial charge in [0.15, 0.2) is 0 Å². The van der Waals surface area contributed by atoms with Gasteiger partial charge in [-0.2, -0.15) is 0 Å². The lowest BCUT2D eigenvalue weighted by Crippen LogP contribution is -2.11. The van der Waals surface area contributed by atoms with Crippen LogP contribution in [0, 0.1) is 0 Å². The molecule has 0 aliphatic rings. The molecule has 4 heteroatoms. The fraction of sp³-hybridized carbons (Fsp3) is 0.278. The van der Waals surface area contributed by atoms with Gasteiger partial charge in [0.1, 0.15) is 0 Å². The normalized spacial score (nSPS) is 12.1. The molecule has 0 radical (unpaired) electrons. The first-order valence-electron chi connectivity index (χ1n) is 7.15. The topological polar surface area (TPSA) is 51.5 Å². The quantitative estimate of drug-likeness (QED) is 0.489. The Morgan fingerprint density at radius 3 is 2.14 bits per heavy atom. The first-order chi connectivity index (χ1) is 10.4. The van der Waals surface area contributed by atoms with E-state index >= 15 is 0 Å². The van der Waals surface area contributed by atoms with Gasteiger partial charge in [-0.05, 0) is 42.2 Å². The molecule has 4 nitrogen and oxygen atoms in total. The lowest BCUT2D eigenvalue weighted by atomic mass is 9.87. The molecular weight excluding hydrogens is 276 g/mol. The SMILES string of the molecule is C/C(=N/OC(=O)c1ccc(C(C)(C)C)cc1)c1ccncc1. The maximum Gasteiger partial charge on any atom is 0.365 e. The monoisotopic (exact) mass is 296 g/mol. The van der Waals surface area contributed by atoms with Crippen molar-refractivity contribution in [3.05, 3.63) is 65.5 Å². The molecule has 1 heterocycles. The van der Waals surface area contributed by atoms with Gasteiger partial charge in [0.05, 0.1) is 11.3 Å². The molecule has 2 aromatic rings. The predicted octanol–water partition coefficient (Wildman–Crippen LogP) is 3.96. The molecule has 1 aromatic carbocycles. The zero-order chi connectivity index (χ0) is 16.2. The van der Waals surface area contributed by atoms with Crippen LogP contribution in [0.5, 0.6) is 0 Å². The van der Waals surface area contributed by atoms with Gasteiger partial charge in [-0.15, -0.1) is 0 Å². The standard InChI is InChI=1S/C18H20N2O2/c1-13(14-9-11-19-12-10-14)20-22-17(21)15-5-7-16(8-6-15)18(2,3)4/h5-12H,1-4H3/b20-13-. The number of hydrogen-bond donors (Lipinski definition) is 0. The van der Waals surface area contributed by atoms with Crippen LogP contribution in [0.25, 0.3) is 0 Å². The minimum Gasteiger partial charge on any atom is -0.313 e. The molecule has 0 aliphatic carbocycles. The molecule has 114 valence electrons. The van der Waals surface area contributed by atoms with Crippen molar-refractivity contribution in [2.45, 2.75) is 33.1 Å². The summed E-state index contributed by atoms with van der Waals surface area (Å²) in [4.78, 5) is 20.9. The number of carbonyl (C=O) groups excluding carboxylic acids is 1. The summed E-state index contributed by atoms with van der Waals surface area (Å²) in [5.74, 6) is -0.464. The second-order valence-corrected chi connectivity index (χ2v) is 6.12. The van der Waals surface area contributed by atoms with Crippen molar-refractivity contribution in [1.82, 2.24) is 4.98 Å².